The zero-order chi connectivity index (χ0) is 14.3. The van der Waals surface area contributed by atoms with Gasteiger partial charge in [0.25, 0.3) is 0 Å². The Morgan fingerprint density at radius 3 is 2.90 bits per heavy atom. The Kier molecular flexibility index (Phi) is 3.20. The van der Waals surface area contributed by atoms with E-state index in [9.17, 15) is 10.1 Å². The number of aromatic amines is 1. The Morgan fingerprint density at radius 2 is 2.25 bits per heavy atom. The smallest absolute Gasteiger partial charge is 0.205 e. The highest BCUT2D eigenvalue weighted by atomic mass is 79.9. The summed E-state index contributed by atoms with van der Waals surface area (Å²) < 4.78 is 0.959. The molecule has 5 heteroatoms. The lowest BCUT2D eigenvalue weighted by Crippen LogP contribution is -1.98. The zero-order valence-corrected chi connectivity index (χ0v) is 12.9. The Labute approximate surface area is 128 Å². The van der Waals surface area contributed by atoms with Gasteiger partial charge in [-0.05, 0) is 46.6 Å². The molecule has 1 N–H and O–H groups in total. The molecular weight excluding hydrogens is 336 g/mol. The first-order valence-corrected chi connectivity index (χ1v) is 7.53. The minimum Gasteiger partial charge on any atom is -0.360 e. The summed E-state index contributed by atoms with van der Waals surface area (Å²) in [5.74, 6) is -0.0576. The summed E-state index contributed by atoms with van der Waals surface area (Å²) in [7, 11) is 0. The molecule has 0 aliphatic rings. The van der Waals surface area contributed by atoms with Gasteiger partial charge in [-0.2, -0.15) is 5.26 Å². The van der Waals surface area contributed by atoms with E-state index in [0.717, 1.165) is 14.9 Å². The molecule has 0 aliphatic carbocycles. The maximum absolute atomic E-state index is 12.6. The fraction of sp³-hybridized carbons (Fsp3) is 0.0667. The van der Waals surface area contributed by atoms with Crippen molar-refractivity contribution in [1.29, 1.82) is 5.26 Å². The molecule has 0 saturated heterocycles. The Bertz CT molecular complexity index is 850. The summed E-state index contributed by atoms with van der Waals surface area (Å²) >= 11 is 4.84. The molecule has 0 spiro atoms. The summed E-state index contributed by atoms with van der Waals surface area (Å²) in [6.07, 6.45) is 1.68. The van der Waals surface area contributed by atoms with Gasteiger partial charge in [0.1, 0.15) is 0 Å². The van der Waals surface area contributed by atoms with Crippen LogP contribution in [0.2, 0.25) is 0 Å². The zero-order valence-electron chi connectivity index (χ0n) is 10.5. The number of ketones is 1. The number of fused-ring (bicyclic) bond motifs is 1. The van der Waals surface area contributed by atoms with Crippen LogP contribution in [0.1, 0.15) is 26.4 Å². The van der Waals surface area contributed by atoms with E-state index in [1.807, 2.05) is 19.1 Å². The second-order valence-electron chi connectivity index (χ2n) is 4.44. The van der Waals surface area contributed by atoms with E-state index >= 15 is 0 Å². The number of thiophene rings is 1. The second kappa shape index (κ2) is 4.89. The molecule has 1 aromatic carbocycles. The first kappa shape index (κ1) is 13.1. The summed E-state index contributed by atoms with van der Waals surface area (Å²) in [5, 5.41) is 9.90. The Hall–Kier alpha value is -1.90. The molecule has 0 saturated carbocycles. The van der Waals surface area contributed by atoms with Crippen molar-refractivity contribution in [2.45, 2.75) is 6.92 Å². The summed E-state index contributed by atoms with van der Waals surface area (Å²) in [4.78, 5) is 16.3. The van der Waals surface area contributed by atoms with E-state index in [4.69, 9.17) is 0 Å². The number of H-pyrrole nitrogens is 1. The molecule has 0 radical (unpaired) electrons. The van der Waals surface area contributed by atoms with Gasteiger partial charge in [-0.1, -0.05) is 6.07 Å². The number of nitriles is 1. The van der Waals surface area contributed by atoms with Crippen LogP contribution in [0.4, 0.5) is 0 Å². The van der Waals surface area contributed by atoms with E-state index in [2.05, 4.69) is 27.0 Å². The van der Waals surface area contributed by atoms with Crippen molar-refractivity contribution in [3.63, 3.8) is 0 Å². The lowest BCUT2D eigenvalue weighted by molar-refractivity contribution is 0.104. The average Bonchev–Trinajstić information content (AvgIpc) is 3.02. The molecule has 98 valence electrons. The van der Waals surface area contributed by atoms with Gasteiger partial charge < -0.3 is 4.98 Å². The molecule has 20 heavy (non-hydrogen) atoms. The first-order valence-electron chi connectivity index (χ1n) is 5.92. The standard InChI is InChI=1S/C15H9BrN2OS/c1-8-5-12(20-15(8)16)14(19)10-7-18-11-4-2-3-9(6-17)13(10)11/h2-5,7,18H,1H3. The molecule has 3 nitrogen and oxygen atoms in total. The topological polar surface area (TPSA) is 56.6 Å². The third-order valence-electron chi connectivity index (χ3n) is 3.15. The minimum absolute atomic E-state index is 0.0576. The number of carbonyl (C=O) groups excluding carboxylic acids is 1. The molecule has 3 aromatic rings. The fourth-order valence-corrected chi connectivity index (χ4v) is 3.65. The van der Waals surface area contributed by atoms with E-state index < -0.39 is 0 Å². The van der Waals surface area contributed by atoms with Crippen molar-refractivity contribution in [3.05, 3.63) is 55.8 Å². The first-order chi connectivity index (χ1) is 9.61. The number of nitrogens with zero attached hydrogens (tertiary/aromatic N) is 1. The summed E-state index contributed by atoms with van der Waals surface area (Å²) in [5.41, 5.74) is 2.91. The molecule has 0 atom stereocenters. The molecule has 0 aliphatic heterocycles. The van der Waals surface area contributed by atoms with Gasteiger partial charge in [0, 0.05) is 17.1 Å². The van der Waals surface area contributed by atoms with Crippen LogP contribution in [0.3, 0.4) is 0 Å². The number of hydrogen-bond acceptors (Lipinski definition) is 3. The molecule has 0 amide bonds. The van der Waals surface area contributed by atoms with Crippen LogP contribution in [-0.2, 0) is 0 Å². The SMILES string of the molecule is Cc1cc(C(=O)c2c[nH]c3cccc(C#N)c23)sc1Br. The van der Waals surface area contributed by atoms with Crippen molar-refractivity contribution in [2.75, 3.05) is 0 Å². The third-order valence-corrected chi connectivity index (χ3v) is 5.29. The molecule has 0 bridgehead atoms. The van der Waals surface area contributed by atoms with Gasteiger partial charge in [-0.25, -0.2) is 0 Å². The maximum atomic E-state index is 12.6. The molecule has 0 fully saturated rings. The maximum Gasteiger partial charge on any atom is 0.205 e. The number of benzene rings is 1. The van der Waals surface area contributed by atoms with Crippen molar-refractivity contribution in [2.24, 2.45) is 0 Å². The van der Waals surface area contributed by atoms with Gasteiger partial charge in [-0.15, -0.1) is 11.3 Å². The highest BCUT2D eigenvalue weighted by Gasteiger charge is 2.19. The second-order valence-corrected chi connectivity index (χ2v) is 6.81. The average molecular weight is 345 g/mol. The number of hydrogen-bond donors (Lipinski definition) is 1. The fourth-order valence-electron chi connectivity index (χ4n) is 2.16. The van der Waals surface area contributed by atoms with Crippen molar-refractivity contribution in [1.82, 2.24) is 4.98 Å². The third kappa shape index (κ3) is 1.98. The lowest BCUT2D eigenvalue weighted by Gasteiger charge is -1.98. The number of nitrogens with one attached hydrogen (secondary N) is 1. The number of halogens is 1. The van der Waals surface area contributed by atoms with Gasteiger partial charge in [0.2, 0.25) is 5.78 Å². The number of aryl methyl sites for hydroxylation is 1. The van der Waals surface area contributed by atoms with Gasteiger partial charge in [-0.3, -0.25) is 4.79 Å². The van der Waals surface area contributed by atoms with E-state index in [1.54, 1.807) is 18.3 Å². The predicted octanol–water partition coefficient (Wildman–Crippen LogP) is 4.40. The highest BCUT2D eigenvalue weighted by Crippen LogP contribution is 2.31. The monoisotopic (exact) mass is 344 g/mol. The van der Waals surface area contributed by atoms with Gasteiger partial charge >= 0.3 is 0 Å². The van der Waals surface area contributed by atoms with Gasteiger partial charge in [0.15, 0.2) is 0 Å². The number of rotatable bonds is 2. The van der Waals surface area contributed by atoms with E-state index in [1.165, 1.54) is 11.3 Å². The molecule has 3 rings (SSSR count). The van der Waals surface area contributed by atoms with Crippen LogP contribution < -0.4 is 0 Å². The van der Waals surface area contributed by atoms with Crippen molar-refractivity contribution < 1.29 is 4.79 Å². The largest absolute Gasteiger partial charge is 0.360 e. The highest BCUT2D eigenvalue weighted by molar-refractivity contribution is 9.11. The van der Waals surface area contributed by atoms with E-state index in [0.29, 0.717) is 21.4 Å². The number of carbonyl (C=O) groups is 1. The number of aromatic nitrogens is 1. The van der Waals surface area contributed by atoms with Crippen LogP contribution >= 0.6 is 27.3 Å². The normalized spacial score (nSPS) is 10.7. The molecular formula is C15H9BrN2OS. The summed E-state index contributed by atoms with van der Waals surface area (Å²) in [6.45, 7) is 1.95. The van der Waals surface area contributed by atoms with E-state index in [-0.39, 0.29) is 5.78 Å². The molecule has 0 unspecified atom stereocenters. The summed E-state index contributed by atoms with van der Waals surface area (Å²) in [6, 6.07) is 9.40. The van der Waals surface area contributed by atoms with Crippen LogP contribution in [-0.4, -0.2) is 10.8 Å². The van der Waals surface area contributed by atoms with Crippen molar-refractivity contribution in [3.8, 4) is 6.07 Å². The van der Waals surface area contributed by atoms with Crippen LogP contribution in [0.15, 0.2) is 34.2 Å². The minimum atomic E-state index is -0.0576. The quantitative estimate of drug-likeness (QED) is 0.700. The van der Waals surface area contributed by atoms with Crippen LogP contribution in [0.5, 0.6) is 0 Å². The van der Waals surface area contributed by atoms with Crippen LogP contribution in [0.25, 0.3) is 10.9 Å². The Balaban J connectivity index is 2.20. The van der Waals surface area contributed by atoms with Gasteiger partial charge in [0.05, 0.1) is 25.9 Å². The predicted molar refractivity (Wildman–Crippen MR) is 83.2 cm³/mol. The molecule has 2 aromatic heterocycles. The van der Waals surface area contributed by atoms with Crippen molar-refractivity contribution >= 4 is 44.0 Å². The molecule has 2 heterocycles. The van der Waals surface area contributed by atoms with Crippen LogP contribution in [0, 0.1) is 18.3 Å². The lowest BCUT2D eigenvalue weighted by atomic mass is 10.0. The Morgan fingerprint density at radius 1 is 1.45 bits per heavy atom.